The van der Waals surface area contributed by atoms with Crippen molar-refractivity contribution in [2.45, 2.75) is 13.3 Å². The monoisotopic (exact) mass is 274 g/mol. The number of hydrogen-bond acceptors (Lipinski definition) is 7. The number of rotatable bonds is 8. The van der Waals surface area contributed by atoms with E-state index in [4.69, 9.17) is 10.2 Å². The largest absolute Gasteiger partial charge is 0.395 e. The van der Waals surface area contributed by atoms with Crippen LogP contribution >= 0.6 is 11.3 Å². The molecule has 0 atom stereocenters. The number of carbonyl (C=O) groups excluding carboxylic acids is 1. The molecular formula is C10H18N4O3S. The molecule has 0 aromatic carbocycles. The van der Waals surface area contributed by atoms with Gasteiger partial charge in [0.05, 0.1) is 13.2 Å². The van der Waals surface area contributed by atoms with Gasteiger partial charge >= 0.3 is 0 Å². The molecule has 1 rings (SSSR count). The van der Waals surface area contributed by atoms with Crippen molar-refractivity contribution in [3.63, 3.8) is 0 Å². The molecule has 0 unspecified atom stereocenters. The van der Waals surface area contributed by atoms with Gasteiger partial charge in [-0.2, -0.15) is 0 Å². The Morgan fingerprint density at radius 2 is 2.00 bits per heavy atom. The number of nitrogens with one attached hydrogen (secondary N) is 1. The second-order valence-corrected chi connectivity index (χ2v) is 4.56. The van der Waals surface area contributed by atoms with E-state index in [9.17, 15) is 4.79 Å². The normalized spacial score (nSPS) is 10.4. The van der Waals surface area contributed by atoms with Crippen molar-refractivity contribution in [2.75, 3.05) is 38.2 Å². The van der Waals surface area contributed by atoms with Gasteiger partial charge < -0.3 is 20.4 Å². The van der Waals surface area contributed by atoms with E-state index in [1.165, 1.54) is 16.2 Å². The van der Waals surface area contributed by atoms with Crippen LogP contribution in [0.15, 0.2) is 0 Å². The standard InChI is InChI=1S/C10H18N4O3S/c1-2-3-11-10-13-12-8(18-10)9(17)14(4-6-15)5-7-16/h15-16H,2-7H2,1H3,(H,11,13). The molecule has 0 saturated heterocycles. The van der Waals surface area contributed by atoms with Crippen LogP contribution in [0.3, 0.4) is 0 Å². The van der Waals surface area contributed by atoms with Crippen molar-refractivity contribution in [3.8, 4) is 0 Å². The van der Waals surface area contributed by atoms with Crippen LogP contribution in [0.25, 0.3) is 0 Å². The van der Waals surface area contributed by atoms with Gasteiger partial charge in [-0.15, -0.1) is 10.2 Å². The summed E-state index contributed by atoms with van der Waals surface area (Å²) in [7, 11) is 0. The average Bonchev–Trinajstić information content (AvgIpc) is 2.84. The Morgan fingerprint density at radius 1 is 1.33 bits per heavy atom. The predicted octanol–water partition coefficient (Wildman–Crippen LogP) is -0.213. The third-order valence-corrected chi connectivity index (χ3v) is 3.03. The summed E-state index contributed by atoms with van der Waals surface area (Å²) < 4.78 is 0. The molecule has 0 aliphatic carbocycles. The Hall–Kier alpha value is -1.25. The Kier molecular flexibility index (Phi) is 6.55. The Morgan fingerprint density at radius 3 is 2.56 bits per heavy atom. The zero-order chi connectivity index (χ0) is 13.4. The van der Waals surface area contributed by atoms with Crippen LogP contribution in [-0.2, 0) is 0 Å². The molecule has 7 nitrogen and oxygen atoms in total. The van der Waals surface area contributed by atoms with E-state index in [1.54, 1.807) is 0 Å². The van der Waals surface area contributed by atoms with Crippen molar-refractivity contribution in [2.24, 2.45) is 0 Å². The fraction of sp³-hybridized carbons (Fsp3) is 0.700. The lowest BCUT2D eigenvalue weighted by Gasteiger charge is -2.18. The van der Waals surface area contributed by atoms with Crippen molar-refractivity contribution in [1.82, 2.24) is 15.1 Å². The second-order valence-electron chi connectivity index (χ2n) is 3.58. The van der Waals surface area contributed by atoms with E-state index in [0.717, 1.165) is 13.0 Å². The number of carbonyl (C=O) groups is 1. The average molecular weight is 274 g/mol. The summed E-state index contributed by atoms with van der Waals surface area (Å²) in [6.07, 6.45) is 0.962. The summed E-state index contributed by atoms with van der Waals surface area (Å²) in [6.45, 7) is 2.87. The third-order valence-electron chi connectivity index (χ3n) is 2.16. The van der Waals surface area contributed by atoms with Gasteiger partial charge in [0.1, 0.15) is 0 Å². The van der Waals surface area contributed by atoms with Gasteiger partial charge in [0, 0.05) is 19.6 Å². The van der Waals surface area contributed by atoms with Crippen LogP contribution in [0.2, 0.25) is 0 Å². The highest BCUT2D eigenvalue weighted by atomic mass is 32.1. The first-order chi connectivity index (χ1) is 8.72. The summed E-state index contributed by atoms with van der Waals surface area (Å²) in [5.41, 5.74) is 0. The van der Waals surface area contributed by atoms with Gasteiger partial charge in [-0.05, 0) is 6.42 Å². The Balaban J connectivity index is 2.65. The molecule has 1 aromatic heterocycles. The summed E-state index contributed by atoms with van der Waals surface area (Å²) in [5.74, 6) is -0.319. The van der Waals surface area contributed by atoms with Gasteiger partial charge in [0.15, 0.2) is 0 Å². The van der Waals surface area contributed by atoms with E-state index >= 15 is 0 Å². The van der Waals surface area contributed by atoms with Crippen LogP contribution in [0.1, 0.15) is 23.1 Å². The molecule has 18 heavy (non-hydrogen) atoms. The molecule has 0 saturated carbocycles. The number of nitrogens with zero attached hydrogens (tertiary/aromatic N) is 3. The third kappa shape index (κ3) is 4.21. The lowest BCUT2D eigenvalue weighted by atomic mass is 10.4. The highest BCUT2D eigenvalue weighted by molar-refractivity contribution is 7.17. The number of aliphatic hydroxyl groups is 2. The van der Waals surface area contributed by atoms with E-state index in [0.29, 0.717) is 5.13 Å². The minimum Gasteiger partial charge on any atom is -0.395 e. The molecule has 1 heterocycles. The number of aromatic nitrogens is 2. The molecule has 8 heteroatoms. The van der Waals surface area contributed by atoms with Crippen LogP contribution in [0.4, 0.5) is 5.13 Å². The summed E-state index contributed by atoms with van der Waals surface area (Å²) in [6, 6.07) is 0. The number of amides is 1. The van der Waals surface area contributed by atoms with E-state index in [2.05, 4.69) is 15.5 Å². The van der Waals surface area contributed by atoms with Gasteiger partial charge in [-0.25, -0.2) is 0 Å². The molecule has 0 radical (unpaired) electrons. The SMILES string of the molecule is CCCNc1nnc(C(=O)N(CCO)CCO)s1. The maximum absolute atomic E-state index is 12.0. The van der Waals surface area contributed by atoms with Crippen molar-refractivity contribution in [3.05, 3.63) is 5.01 Å². The van der Waals surface area contributed by atoms with Crippen LogP contribution in [0, 0.1) is 0 Å². The van der Waals surface area contributed by atoms with E-state index in [-0.39, 0.29) is 37.2 Å². The topological polar surface area (TPSA) is 98.6 Å². The van der Waals surface area contributed by atoms with Gasteiger partial charge in [0.25, 0.3) is 5.91 Å². The number of hydrogen-bond donors (Lipinski definition) is 3. The molecule has 3 N–H and O–H groups in total. The van der Waals surface area contributed by atoms with Crippen molar-refractivity contribution in [1.29, 1.82) is 0 Å². The highest BCUT2D eigenvalue weighted by Crippen LogP contribution is 2.16. The van der Waals surface area contributed by atoms with Crippen molar-refractivity contribution < 1.29 is 15.0 Å². The first kappa shape index (κ1) is 14.8. The number of anilines is 1. The van der Waals surface area contributed by atoms with Crippen LogP contribution < -0.4 is 5.32 Å². The molecule has 0 aliphatic rings. The quantitative estimate of drug-likeness (QED) is 0.606. The lowest BCUT2D eigenvalue weighted by Crippen LogP contribution is -2.35. The molecule has 0 bridgehead atoms. The summed E-state index contributed by atoms with van der Waals surface area (Å²) >= 11 is 1.17. The minimum atomic E-state index is -0.319. The van der Waals surface area contributed by atoms with E-state index < -0.39 is 0 Å². The molecule has 1 aromatic rings. The molecule has 0 fully saturated rings. The molecule has 0 aliphatic heterocycles. The molecular weight excluding hydrogens is 256 g/mol. The zero-order valence-corrected chi connectivity index (χ0v) is 11.1. The fourth-order valence-corrected chi connectivity index (χ4v) is 2.04. The van der Waals surface area contributed by atoms with Gasteiger partial charge in [-0.3, -0.25) is 4.79 Å². The molecule has 0 spiro atoms. The van der Waals surface area contributed by atoms with Gasteiger partial charge in [-0.1, -0.05) is 18.3 Å². The van der Waals surface area contributed by atoms with Crippen molar-refractivity contribution >= 4 is 22.4 Å². The highest BCUT2D eigenvalue weighted by Gasteiger charge is 2.19. The second kappa shape index (κ2) is 7.96. The molecule has 102 valence electrons. The first-order valence-corrected chi connectivity index (χ1v) is 6.63. The number of aliphatic hydroxyl groups excluding tert-OH is 2. The predicted molar refractivity (Wildman–Crippen MR) is 68.8 cm³/mol. The maximum Gasteiger partial charge on any atom is 0.285 e. The van der Waals surface area contributed by atoms with E-state index in [1.807, 2.05) is 6.92 Å². The Labute approximate surface area is 109 Å². The Bertz CT molecular complexity index is 366. The van der Waals surface area contributed by atoms with Crippen LogP contribution in [-0.4, -0.2) is 64.1 Å². The maximum atomic E-state index is 12.0. The fourth-order valence-electron chi connectivity index (χ4n) is 1.30. The van der Waals surface area contributed by atoms with Crippen LogP contribution in [0.5, 0.6) is 0 Å². The summed E-state index contributed by atoms with van der Waals surface area (Å²) in [4.78, 5) is 13.3. The summed E-state index contributed by atoms with van der Waals surface area (Å²) in [5, 5.41) is 29.3. The first-order valence-electron chi connectivity index (χ1n) is 5.81. The molecule has 1 amide bonds. The lowest BCUT2D eigenvalue weighted by molar-refractivity contribution is 0.0683. The minimum absolute atomic E-state index is 0.147. The zero-order valence-electron chi connectivity index (χ0n) is 10.3. The van der Waals surface area contributed by atoms with Gasteiger partial charge in [0.2, 0.25) is 10.1 Å². The smallest absolute Gasteiger partial charge is 0.285 e.